The van der Waals surface area contributed by atoms with E-state index in [1.807, 2.05) is 0 Å². The molecule has 10 nitrogen and oxygen atoms in total. The summed E-state index contributed by atoms with van der Waals surface area (Å²) in [5.41, 5.74) is 0.556. The Balaban J connectivity index is 1.31. The minimum Gasteiger partial charge on any atom is -0.412 e. The number of piperidine rings is 1. The predicted octanol–water partition coefficient (Wildman–Crippen LogP) is 1.61. The number of sulfonamides is 1. The molecule has 1 amide bonds. The van der Waals surface area contributed by atoms with Crippen LogP contribution in [0.25, 0.3) is 11.5 Å². The number of ether oxygens (including phenoxy) is 1. The minimum atomic E-state index is -3.52. The van der Waals surface area contributed by atoms with Gasteiger partial charge in [0.15, 0.2) is 0 Å². The summed E-state index contributed by atoms with van der Waals surface area (Å²) in [6, 6.07) is 6.32. The molecule has 2 aliphatic heterocycles. The Labute approximate surface area is 194 Å². The number of nitrogens with zero attached hydrogens (tertiary/aromatic N) is 4. The molecule has 2 fully saturated rings. The number of hydrogen-bond acceptors (Lipinski definition) is 8. The van der Waals surface area contributed by atoms with Crippen LogP contribution in [0.4, 0.5) is 0 Å². The summed E-state index contributed by atoms with van der Waals surface area (Å²) < 4.78 is 38.1. The van der Waals surface area contributed by atoms with Crippen molar-refractivity contribution >= 4 is 15.9 Å². The molecule has 0 saturated carbocycles. The van der Waals surface area contributed by atoms with E-state index in [0.717, 1.165) is 52.1 Å². The predicted molar refractivity (Wildman–Crippen MR) is 121 cm³/mol. The van der Waals surface area contributed by atoms with Crippen LogP contribution in [-0.2, 0) is 14.8 Å². The first-order valence-corrected chi connectivity index (χ1v) is 12.9. The smallest absolute Gasteiger partial charge is 0.308 e. The van der Waals surface area contributed by atoms with Gasteiger partial charge in [-0.25, -0.2) is 8.42 Å². The number of carbonyl (C=O) groups excluding carboxylic acids is 1. The van der Waals surface area contributed by atoms with Crippen LogP contribution in [0, 0.1) is 5.92 Å². The van der Waals surface area contributed by atoms with Crippen LogP contribution < -0.4 is 5.32 Å². The van der Waals surface area contributed by atoms with E-state index in [1.165, 1.54) is 16.4 Å². The molecular formula is C22H31N5O5S. The van der Waals surface area contributed by atoms with Gasteiger partial charge in [0.05, 0.1) is 18.1 Å². The Morgan fingerprint density at radius 2 is 1.79 bits per heavy atom. The van der Waals surface area contributed by atoms with Crippen LogP contribution in [0.3, 0.4) is 0 Å². The first-order chi connectivity index (χ1) is 15.9. The molecule has 180 valence electrons. The van der Waals surface area contributed by atoms with Crippen LogP contribution >= 0.6 is 0 Å². The molecule has 0 spiro atoms. The number of morpholine rings is 1. The molecule has 2 aliphatic rings. The standard InChI is InChI=1S/C22H31N5O5S/c1-17-7-11-27(12-8-17)33(29,30)19-5-3-18(4-6-19)21-24-25-22(32-21)20(28)23-9-2-10-26-13-15-31-16-14-26/h3-6,17H,2,7-16H2,1H3,(H,23,28). The van der Waals surface area contributed by atoms with Crippen LogP contribution in [0.2, 0.25) is 0 Å². The highest BCUT2D eigenvalue weighted by atomic mass is 32.2. The van der Waals surface area contributed by atoms with Crippen molar-refractivity contribution in [2.75, 3.05) is 52.5 Å². The van der Waals surface area contributed by atoms with Gasteiger partial charge in [0.25, 0.3) is 0 Å². The second-order valence-corrected chi connectivity index (χ2v) is 10.5. The van der Waals surface area contributed by atoms with Crippen LogP contribution in [0.1, 0.15) is 36.9 Å². The van der Waals surface area contributed by atoms with Gasteiger partial charge in [-0.05, 0) is 56.0 Å². The first kappa shape index (κ1) is 23.8. The van der Waals surface area contributed by atoms with E-state index in [2.05, 4.69) is 27.3 Å². The number of benzene rings is 1. The lowest BCUT2D eigenvalue weighted by molar-refractivity contribution is 0.0374. The maximum atomic E-state index is 12.9. The minimum absolute atomic E-state index is 0.115. The fourth-order valence-electron chi connectivity index (χ4n) is 3.98. The molecule has 33 heavy (non-hydrogen) atoms. The van der Waals surface area contributed by atoms with Gasteiger partial charge in [-0.3, -0.25) is 9.69 Å². The SMILES string of the molecule is CC1CCN(S(=O)(=O)c2ccc(-c3nnc(C(=O)NCCCN4CCOCC4)o3)cc2)CC1. The van der Waals surface area contributed by atoms with E-state index in [-0.39, 0.29) is 16.7 Å². The molecule has 3 heterocycles. The van der Waals surface area contributed by atoms with Crippen molar-refractivity contribution in [2.45, 2.75) is 31.1 Å². The third kappa shape index (κ3) is 5.97. The molecule has 1 aromatic carbocycles. The van der Waals surface area contributed by atoms with Crippen molar-refractivity contribution in [2.24, 2.45) is 5.92 Å². The molecule has 1 N–H and O–H groups in total. The van der Waals surface area contributed by atoms with Gasteiger partial charge in [-0.15, -0.1) is 10.2 Å². The highest BCUT2D eigenvalue weighted by molar-refractivity contribution is 7.89. The number of rotatable bonds is 8. The summed E-state index contributed by atoms with van der Waals surface area (Å²) in [7, 11) is -3.52. The van der Waals surface area contributed by atoms with Gasteiger partial charge in [0.2, 0.25) is 15.9 Å². The number of aromatic nitrogens is 2. The normalized spacial score (nSPS) is 18.9. The fourth-order valence-corrected chi connectivity index (χ4v) is 5.45. The van der Waals surface area contributed by atoms with E-state index in [0.29, 0.717) is 31.1 Å². The number of amides is 1. The summed E-state index contributed by atoms with van der Waals surface area (Å²) in [5.74, 6) is 0.182. The van der Waals surface area contributed by atoms with Crippen molar-refractivity contribution in [1.82, 2.24) is 24.7 Å². The summed E-state index contributed by atoms with van der Waals surface area (Å²) >= 11 is 0. The van der Waals surface area contributed by atoms with Crippen molar-refractivity contribution in [3.05, 3.63) is 30.2 Å². The maximum absolute atomic E-state index is 12.9. The molecular weight excluding hydrogens is 446 g/mol. The molecule has 4 rings (SSSR count). The molecule has 2 saturated heterocycles. The summed E-state index contributed by atoms with van der Waals surface area (Å²) in [4.78, 5) is 14.8. The zero-order valence-corrected chi connectivity index (χ0v) is 19.7. The number of carbonyl (C=O) groups is 1. The average Bonchev–Trinajstić information content (AvgIpc) is 3.33. The summed E-state index contributed by atoms with van der Waals surface area (Å²) in [5, 5.41) is 10.6. The third-order valence-corrected chi connectivity index (χ3v) is 8.05. The highest BCUT2D eigenvalue weighted by Gasteiger charge is 2.28. The van der Waals surface area contributed by atoms with E-state index in [9.17, 15) is 13.2 Å². The largest absolute Gasteiger partial charge is 0.412 e. The van der Waals surface area contributed by atoms with Crippen LogP contribution in [0.15, 0.2) is 33.6 Å². The van der Waals surface area contributed by atoms with Gasteiger partial charge < -0.3 is 14.5 Å². The molecule has 1 aromatic heterocycles. The molecule has 0 radical (unpaired) electrons. The molecule has 2 aromatic rings. The molecule has 0 bridgehead atoms. The van der Waals surface area contributed by atoms with Crippen molar-refractivity contribution in [3.63, 3.8) is 0 Å². The van der Waals surface area contributed by atoms with E-state index in [1.54, 1.807) is 12.1 Å². The lowest BCUT2D eigenvalue weighted by Crippen LogP contribution is -2.38. The molecule has 11 heteroatoms. The Bertz CT molecular complexity index is 1030. The second-order valence-electron chi connectivity index (χ2n) is 8.59. The van der Waals surface area contributed by atoms with Gasteiger partial charge >= 0.3 is 11.8 Å². The summed E-state index contributed by atoms with van der Waals surface area (Å²) in [6.45, 7) is 7.96. The van der Waals surface area contributed by atoms with Gasteiger partial charge in [0, 0.05) is 38.3 Å². The van der Waals surface area contributed by atoms with Crippen molar-refractivity contribution < 1.29 is 22.4 Å². The van der Waals surface area contributed by atoms with Gasteiger partial charge in [0.1, 0.15) is 0 Å². The first-order valence-electron chi connectivity index (χ1n) is 11.5. The Hall–Kier alpha value is -2.34. The third-order valence-electron chi connectivity index (χ3n) is 6.14. The quantitative estimate of drug-likeness (QED) is 0.570. The lowest BCUT2D eigenvalue weighted by atomic mass is 10.0. The molecule has 0 aliphatic carbocycles. The monoisotopic (exact) mass is 477 g/mol. The van der Waals surface area contributed by atoms with Crippen molar-refractivity contribution in [1.29, 1.82) is 0 Å². The van der Waals surface area contributed by atoms with Gasteiger partial charge in [-0.2, -0.15) is 4.31 Å². The number of hydrogen-bond donors (Lipinski definition) is 1. The topological polar surface area (TPSA) is 118 Å². The second kappa shape index (κ2) is 10.7. The summed E-state index contributed by atoms with van der Waals surface area (Å²) in [6.07, 6.45) is 2.56. The average molecular weight is 478 g/mol. The van der Waals surface area contributed by atoms with Crippen molar-refractivity contribution in [3.8, 4) is 11.5 Å². The van der Waals surface area contributed by atoms with E-state index >= 15 is 0 Å². The maximum Gasteiger partial charge on any atom is 0.308 e. The Kier molecular flexibility index (Phi) is 7.74. The number of nitrogens with one attached hydrogen (secondary N) is 1. The zero-order chi connectivity index (χ0) is 23.3. The van der Waals surface area contributed by atoms with E-state index < -0.39 is 15.9 Å². The zero-order valence-electron chi connectivity index (χ0n) is 18.9. The fraction of sp³-hybridized carbons (Fsp3) is 0.591. The Morgan fingerprint density at radius 1 is 1.09 bits per heavy atom. The van der Waals surface area contributed by atoms with Crippen LogP contribution in [-0.4, -0.2) is 86.2 Å². The van der Waals surface area contributed by atoms with Gasteiger partial charge in [-0.1, -0.05) is 6.92 Å². The molecule has 0 unspecified atom stereocenters. The lowest BCUT2D eigenvalue weighted by Gasteiger charge is -2.29. The highest BCUT2D eigenvalue weighted by Crippen LogP contribution is 2.25. The van der Waals surface area contributed by atoms with Crippen LogP contribution in [0.5, 0.6) is 0 Å². The van der Waals surface area contributed by atoms with E-state index in [4.69, 9.17) is 9.15 Å². The molecule has 0 atom stereocenters. The Morgan fingerprint density at radius 3 is 2.48 bits per heavy atom.